The molecule has 0 N–H and O–H groups in total. The van der Waals surface area contributed by atoms with Gasteiger partial charge in [-0.25, -0.2) is 9.59 Å². The van der Waals surface area contributed by atoms with Gasteiger partial charge in [-0.3, -0.25) is 0 Å². The number of hydrogen-bond acceptors (Lipinski definition) is 6. The number of ether oxygens (including phenoxy) is 4. The van der Waals surface area contributed by atoms with E-state index in [2.05, 4.69) is 9.47 Å². The van der Waals surface area contributed by atoms with E-state index < -0.39 is 11.9 Å². The normalized spacial score (nSPS) is 10.5. The Morgan fingerprint density at radius 2 is 0.962 bits per heavy atom. The molecule has 0 atom stereocenters. The smallest absolute Gasteiger partial charge is 0.343 e. The Balaban J connectivity index is 2.18. The van der Waals surface area contributed by atoms with Gasteiger partial charge in [-0.2, -0.15) is 0 Å². The van der Waals surface area contributed by atoms with Crippen LogP contribution in [0.1, 0.15) is 0 Å². The minimum Gasteiger partial charge on any atom is -0.481 e. The summed E-state index contributed by atoms with van der Waals surface area (Å²) in [6.45, 7) is -0.403. The molecule has 6 heteroatoms. The molecule has 3 aromatic rings. The second kappa shape index (κ2) is 7.74. The molecule has 134 valence electrons. The number of carbonyl (C=O) groups excluding carboxylic acids is 2. The molecule has 0 amide bonds. The standard InChI is InChI=1S/C20H18O6/c1-23-17(21)11-25-19-13-7-3-5-9-15(13)20(26-12-18(22)24-2)16-10-6-4-8-14(16)19/h3-10H,11-12H2,1-2H3. The molecule has 0 aliphatic heterocycles. The summed E-state index contributed by atoms with van der Waals surface area (Å²) in [7, 11) is 2.62. The number of methoxy groups -OCH3 is 2. The van der Waals surface area contributed by atoms with Crippen LogP contribution in [-0.4, -0.2) is 39.4 Å². The van der Waals surface area contributed by atoms with Crippen molar-refractivity contribution in [1.82, 2.24) is 0 Å². The van der Waals surface area contributed by atoms with Gasteiger partial charge in [0.1, 0.15) is 11.5 Å². The molecule has 0 aromatic heterocycles. The molecule has 0 fully saturated rings. The molecule has 0 saturated heterocycles. The van der Waals surface area contributed by atoms with Crippen molar-refractivity contribution >= 4 is 33.5 Å². The zero-order chi connectivity index (χ0) is 18.5. The number of fused-ring (bicyclic) bond motifs is 2. The maximum Gasteiger partial charge on any atom is 0.343 e. The second-order valence-corrected chi connectivity index (χ2v) is 5.48. The van der Waals surface area contributed by atoms with Crippen molar-refractivity contribution in [1.29, 1.82) is 0 Å². The van der Waals surface area contributed by atoms with Gasteiger partial charge in [0.15, 0.2) is 13.2 Å². The lowest BCUT2D eigenvalue weighted by Crippen LogP contribution is -2.14. The summed E-state index contributed by atoms with van der Waals surface area (Å²) in [5.41, 5.74) is 0. The summed E-state index contributed by atoms with van der Waals surface area (Å²) in [6, 6.07) is 15.0. The third-order valence-corrected chi connectivity index (χ3v) is 3.96. The Kier molecular flexibility index (Phi) is 5.22. The maximum atomic E-state index is 11.5. The Labute approximate surface area is 150 Å². The fraction of sp³-hybridized carbons (Fsp3) is 0.200. The quantitative estimate of drug-likeness (QED) is 0.500. The molecular weight excluding hydrogens is 336 g/mol. The molecule has 0 saturated carbocycles. The van der Waals surface area contributed by atoms with Crippen molar-refractivity contribution in [3.8, 4) is 11.5 Å². The van der Waals surface area contributed by atoms with E-state index in [1.807, 2.05) is 48.5 Å². The van der Waals surface area contributed by atoms with Gasteiger partial charge in [0.25, 0.3) is 0 Å². The van der Waals surface area contributed by atoms with Crippen LogP contribution in [-0.2, 0) is 19.1 Å². The minimum atomic E-state index is -0.468. The molecule has 0 unspecified atom stereocenters. The summed E-state index contributed by atoms with van der Waals surface area (Å²) >= 11 is 0. The van der Waals surface area contributed by atoms with Gasteiger partial charge >= 0.3 is 11.9 Å². The van der Waals surface area contributed by atoms with E-state index in [4.69, 9.17) is 9.47 Å². The van der Waals surface area contributed by atoms with E-state index in [0.717, 1.165) is 21.5 Å². The van der Waals surface area contributed by atoms with E-state index in [9.17, 15) is 9.59 Å². The molecule has 6 nitrogen and oxygen atoms in total. The van der Waals surface area contributed by atoms with Crippen LogP contribution in [0.2, 0.25) is 0 Å². The highest BCUT2D eigenvalue weighted by Gasteiger charge is 2.17. The van der Waals surface area contributed by atoms with Gasteiger partial charge in [0.05, 0.1) is 14.2 Å². The van der Waals surface area contributed by atoms with E-state index in [1.54, 1.807) is 0 Å². The van der Waals surface area contributed by atoms with Crippen LogP contribution >= 0.6 is 0 Å². The highest BCUT2D eigenvalue weighted by molar-refractivity contribution is 6.11. The molecule has 0 spiro atoms. The largest absolute Gasteiger partial charge is 0.481 e. The first-order valence-corrected chi connectivity index (χ1v) is 7.98. The minimum absolute atomic E-state index is 0.202. The molecule has 26 heavy (non-hydrogen) atoms. The third-order valence-electron chi connectivity index (χ3n) is 3.96. The predicted octanol–water partition coefficient (Wildman–Crippen LogP) is 3.10. The van der Waals surface area contributed by atoms with Gasteiger partial charge in [-0.15, -0.1) is 0 Å². The molecule has 0 bridgehead atoms. The number of hydrogen-bond donors (Lipinski definition) is 0. The van der Waals surface area contributed by atoms with Crippen molar-refractivity contribution in [3.05, 3.63) is 48.5 Å². The highest BCUT2D eigenvalue weighted by Crippen LogP contribution is 2.42. The number of benzene rings is 3. The van der Waals surface area contributed by atoms with Gasteiger partial charge < -0.3 is 18.9 Å². The Morgan fingerprint density at radius 1 is 0.654 bits per heavy atom. The lowest BCUT2D eigenvalue weighted by Gasteiger charge is -2.17. The number of rotatable bonds is 6. The average molecular weight is 354 g/mol. The summed E-state index contributed by atoms with van der Waals surface area (Å²) < 4.78 is 20.8. The summed E-state index contributed by atoms with van der Waals surface area (Å²) in [5, 5.41) is 3.09. The summed E-state index contributed by atoms with van der Waals surface area (Å²) in [5.74, 6) is 0.187. The van der Waals surface area contributed by atoms with Crippen LogP contribution in [0, 0.1) is 0 Å². The van der Waals surface area contributed by atoms with Crippen molar-refractivity contribution in [2.24, 2.45) is 0 Å². The second-order valence-electron chi connectivity index (χ2n) is 5.48. The first-order chi connectivity index (χ1) is 12.7. The predicted molar refractivity (Wildman–Crippen MR) is 96.5 cm³/mol. The van der Waals surface area contributed by atoms with E-state index in [0.29, 0.717) is 11.5 Å². The van der Waals surface area contributed by atoms with Crippen LogP contribution in [0.4, 0.5) is 0 Å². The van der Waals surface area contributed by atoms with Crippen molar-refractivity contribution in [3.63, 3.8) is 0 Å². The number of esters is 2. The molecule has 0 radical (unpaired) electrons. The lowest BCUT2D eigenvalue weighted by molar-refractivity contribution is -0.143. The maximum absolute atomic E-state index is 11.5. The van der Waals surface area contributed by atoms with Crippen LogP contribution in [0.25, 0.3) is 21.5 Å². The van der Waals surface area contributed by atoms with Gasteiger partial charge in [-0.05, 0) is 0 Å². The third kappa shape index (κ3) is 3.39. The first-order valence-electron chi connectivity index (χ1n) is 7.98. The molecular formula is C20H18O6. The van der Waals surface area contributed by atoms with Gasteiger partial charge in [0.2, 0.25) is 0 Å². The number of carbonyl (C=O) groups is 2. The van der Waals surface area contributed by atoms with Crippen LogP contribution in [0.5, 0.6) is 11.5 Å². The first kappa shape index (κ1) is 17.5. The topological polar surface area (TPSA) is 71.1 Å². The SMILES string of the molecule is COC(=O)COc1c2ccccc2c(OCC(=O)OC)c2ccccc12. The fourth-order valence-electron chi connectivity index (χ4n) is 2.74. The fourth-order valence-corrected chi connectivity index (χ4v) is 2.74. The Hall–Kier alpha value is -3.28. The molecule has 0 heterocycles. The van der Waals surface area contributed by atoms with Crippen molar-refractivity contribution in [2.45, 2.75) is 0 Å². The molecule has 0 aliphatic rings. The zero-order valence-corrected chi connectivity index (χ0v) is 14.5. The van der Waals surface area contributed by atoms with Crippen molar-refractivity contribution in [2.75, 3.05) is 27.4 Å². The molecule has 3 aromatic carbocycles. The Bertz CT molecular complexity index is 828. The van der Waals surface area contributed by atoms with E-state index in [-0.39, 0.29) is 13.2 Å². The lowest BCUT2D eigenvalue weighted by atomic mass is 10.0. The highest BCUT2D eigenvalue weighted by atomic mass is 16.6. The van der Waals surface area contributed by atoms with E-state index in [1.165, 1.54) is 14.2 Å². The van der Waals surface area contributed by atoms with Crippen molar-refractivity contribution < 1.29 is 28.5 Å². The van der Waals surface area contributed by atoms with Crippen LogP contribution < -0.4 is 9.47 Å². The van der Waals surface area contributed by atoms with Gasteiger partial charge in [0, 0.05) is 21.5 Å². The van der Waals surface area contributed by atoms with Crippen LogP contribution in [0.3, 0.4) is 0 Å². The zero-order valence-electron chi connectivity index (χ0n) is 14.5. The van der Waals surface area contributed by atoms with E-state index >= 15 is 0 Å². The summed E-state index contributed by atoms with van der Waals surface area (Å²) in [4.78, 5) is 23.0. The van der Waals surface area contributed by atoms with Crippen LogP contribution in [0.15, 0.2) is 48.5 Å². The Morgan fingerprint density at radius 3 is 1.23 bits per heavy atom. The average Bonchev–Trinajstić information content (AvgIpc) is 2.69. The monoisotopic (exact) mass is 354 g/mol. The molecule has 0 aliphatic carbocycles. The summed E-state index contributed by atoms with van der Waals surface area (Å²) in [6.07, 6.45) is 0. The molecule has 3 rings (SSSR count). The van der Waals surface area contributed by atoms with Gasteiger partial charge in [-0.1, -0.05) is 48.5 Å².